The van der Waals surface area contributed by atoms with Crippen molar-refractivity contribution in [3.05, 3.63) is 0 Å². The highest BCUT2D eigenvalue weighted by atomic mass is 35.5. The molecule has 0 saturated heterocycles. The largest absolute Gasteiger partial charge is 0.378 e. The number of halogens is 1. The molecule has 1 fully saturated rings. The van der Waals surface area contributed by atoms with Gasteiger partial charge >= 0.3 is 0 Å². The van der Waals surface area contributed by atoms with E-state index in [4.69, 9.17) is 16.3 Å². The Morgan fingerprint density at radius 2 is 2.07 bits per heavy atom. The lowest BCUT2D eigenvalue weighted by Crippen LogP contribution is -2.51. The fraction of sp³-hybridized carbons (Fsp3) is 1.00. The number of hydrogen-bond donors (Lipinski definition) is 0. The minimum Gasteiger partial charge on any atom is -0.378 e. The van der Waals surface area contributed by atoms with Crippen molar-refractivity contribution in [2.24, 2.45) is 11.3 Å². The van der Waals surface area contributed by atoms with Crippen LogP contribution in [0.2, 0.25) is 0 Å². The van der Waals surface area contributed by atoms with Gasteiger partial charge in [-0.3, -0.25) is 0 Å². The van der Waals surface area contributed by atoms with Gasteiger partial charge in [0.25, 0.3) is 0 Å². The summed E-state index contributed by atoms with van der Waals surface area (Å²) in [7, 11) is 0. The quantitative estimate of drug-likeness (QED) is 0.503. The molecule has 0 aromatic carbocycles. The zero-order chi connectivity index (χ0) is 10.8. The van der Waals surface area contributed by atoms with Crippen LogP contribution in [0.5, 0.6) is 0 Å². The standard InChI is InChI=1S/C12H23ClO/c1-9(2)6-5-7-14-11-8-10(13)12(11,3)4/h9-11H,5-8H2,1-4H3. The summed E-state index contributed by atoms with van der Waals surface area (Å²) in [4.78, 5) is 0. The molecule has 2 unspecified atom stereocenters. The van der Waals surface area contributed by atoms with E-state index in [0.717, 1.165) is 18.9 Å². The van der Waals surface area contributed by atoms with Crippen LogP contribution >= 0.6 is 11.6 Å². The van der Waals surface area contributed by atoms with Gasteiger partial charge in [0.2, 0.25) is 0 Å². The van der Waals surface area contributed by atoms with Gasteiger partial charge in [0.15, 0.2) is 0 Å². The Morgan fingerprint density at radius 3 is 2.50 bits per heavy atom. The van der Waals surface area contributed by atoms with Crippen LogP contribution in [0.1, 0.15) is 47.0 Å². The molecule has 0 aliphatic heterocycles. The summed E-state index contributed by atoms with van der Waals surface area (Å²) >= 11 is 6.12. The smallest absolute Gasteiger partial charge is 0.0654 e. The van der Waals surface area contributed by atoms with Crippen molar-refractivity contribution in [2.45, 2.75) is 58.4 Å². The summed E-state index contributed by atoms with van der Waals surface area (Å²) in [6.07, 6.45) is 3.85. The minimum atomic E-state index is 0.180. The van der Waals surface area contributed by atoms with Gasteiger partial charge in [-0.1, -0.05) is 27.7 Å². The first-order valence-corrected chi connectivity index (χ1v) is 6.14. The Labute approximate surface area is 93.2 Å². The summed E-state index contributed by atoms with van der Waals surface area (Å²) in [6, 6.07) is 0. The van der Waals surface area contributed by atoms with E-state index in [2.05, 4.69) is 27.7 Å². The van der Waals surface area contributed by atoms with Crippen LogP contribution in [-0.4, -0.2) is 18.1 Å². The molecule has 0 heterocycles. The molecule has 0 radical (unpaired) electrons. The summed E-state index contributed by atoms with van der Waals surface area (Å²) < 4.78 is 5.83. The third-order valence-corrected chi connectivity index (χ3v) is 4.04. The van der Waals surface area contributed by atoms with Crippen molar-refractivity contribution in [1.29, 1.82) is 0 Å². The van der Waals surface area contributed by atoms with E-state index < -0.39 is 0 Å². The molecule has 14 heavy (non-hydrogen) atoms. The van der Waals surface area contributed by atoms with Crippen LogP contribution in [0.4, 0.5) is 0 Å². The van der Waals surface area contributed by atoms with E-state index in [1.54, 1.807) is 0 Å². The summed E-state index contributed by atoms with van der Waals surface area (Å²) in [5.74, 6) is 0.786. The third-order valence-electron chi connectivity index (χ3n) is 3.30. The molecule has 1 aliphatic rings. The predicted molar refractivity (Wildman–Crippen MR) is 61.9 cm³/mol. The maximum atomic E-state index is 6.12. The van der Waals surface area contributed by atoms with E-state index in [9.17, 15) is 0 Å². The second-order valence-corrected chi connectivity index (χ2v) is 5.95. The van der Waals surface area contributed by atoms with Crippen LogP contribution in [0.25, 0.3) is 0 Å². The normalized spacial score (nSPS) is 30.4. The molecular formula is C12H23ClO. The highest BCUT2D eigenvalue weighted by Gasteiger charge is 2.47. The molecule has 2 atom stereocenters. The summed E-state index contributed by atoms with van der Waals surface area (Å²) in [6.45, 7) is 9.79. The lowest BCUT2D eigenvalue weighted by atomic mass is 9.68. The van der Waals surface area contributed by atoms with E-state index in [-0.39, 0.29) is 5.41 Å². The summed E-state index contributed by atoms with van der Waals surface area (Å²) in [5.41, 5.74) is 0.180. The lowest BCUT2D eigenvalue weighted by molar-refractivity contribution is -0.0896. The van der Waals surface area contributed by atoms with Crippen molar-refractivity contribution < 1.29 is 4.74 Å². The predicted octanol–water partition coefficient (Wildman–Crippen LogP) is 3.85. The van der Waals surface area contributed by atoms with Crippen LogP contribution in [-0.2, 0) is 4.74 Å². The van der Waals surface area contributed by atoms with Crippen molar-refractivity contribution in [2.75, 3.05) is 6.61 Å². The molecule has 0 amide bonds. The molecule has 0 bridgehead atoms. The topological polar surface area (TPSA) is 9.23 Å². The molecule has 1 saturated carbocycles. The van der Waals surface area contributed by atoms with Crippen LogP contribution in [0.3, 0.4) is 0 Å². The maximum absolute atomic E-state index is 6.12. The zero-order valence-electron chi connectivity index (χ0n) is 9.85. The van der Waals surface area contributed by atoms with Crippen LogP contribution < -0.4 is 0 Å². The molecule has 0 aromatic rings. The molecule has 0 N–H and O–H groups in total. The van der Waals surface area contributed by atoms with Gasteiger partial charge in [-0.2, -0.15) is 0 Å². The Hall–Kier alpha value is 0.250. The first-order valence-electron chi connectivity index (χ1n) is 5.70. The van der Waals surface area contributed by atoms with Gasteiger partial charge in [0.05, 0.1) is 6.10 Å². The molecular weight excluding hydrogens is 196 g/mol. The fourth-order valence-electron chi connectivity index (χ4n) is 1.84. The van der Waals surface area contributed by atoms with Crippen molar-refractivity contribution >= 4 is 11.6 Å². The molecule has 0 aromatic heterocycles. The Bertz CT molecular complexity index is 177. The highest BCUT2D eigenvalue weighted by molar-refractivity contribution is 6.21. The second-order valence-electron chi connectivity index (χ2n) is 5.42. The van der Waals surface area contributed by atoms with Gasteiger partial charge in [-0.05, 0) is 25.2 Å². The zero-order valence-corrected chi connectivity index (χ0v) is 10.6. The average Bonchev–Trinajstić information content (AvgIpc) is 2.10. The number of ether oxygens (including phenoxy) is 1. The van der Waals surface area contributed by atoms with Gasteiger partial charge in [-0.25, -0.2) is 0 Å². The maximum Gasteiger partial charge on any atom is 0.0654 e. The molecule has 1 aliphatic carbocycles. The highest BCUT2D eigenvalue weighted by Crippen LogP contribution is 2.46. The van der Waals surface area contributed by atoms with E-state index >= 15 is 0 Å². The Kier molecular flexibility index (Phi) is 4.27. The fourth-order valence-corrected chi connectivity index (χ4v) is 2.14. The van der Waals surface area contributed by atoms with Gasteiger partial charge < -0.3 is 4.74 Å². The summed E-state index contributed by atoms with van der Waals surface area (Å²) in [5, 5.41) is 0.303. The van der Waals surface area contributed by atoms with E-state index in [1.165, 1.54) is 12.8 Å². The van der Waals surface area contributed by atoms with Crippen molar-refractivity contribution in [3.63, 3.8) is 0 Å². The third kappa shape index (κ3) is 2.87. The Balaban J connectivity index is 2.09. The molecule has 1 nitrogen and oxygen atoms in total. The van der Waals surface area contributed by atoms with Crippen molar-refractivity contribution in [3.8, 4) is 0 Å². The molecule has 1 rings (SSSR count). The molecule has 0 spiro atoms. The van der Waals surface area contributed by atoms with Gasteiger partial charge in [0, 0.05) is 17.4 Å². The number of rotatable bonds is 5. The molecule has 84 valence electrons. The average molecular weight is 219 g/mol. The SMILES string of the molecule is CC(C)CCCOC1CC(Cl)C1(C)C. The van der Waals surface area contributed by atoms with Gasteiger partial charge in [-0.15, -0.1) is 11.6 Å². The van der Waals surface area contributed by atoms with Crippen molar-refractivity contribution in [1.82, 2.24) is 0 Å². The van der Waals surface area contributed by atoms with Crippen LogP contribution in [0, 0.1) is 11.3 Å². The lowest BCUT2D eigenvalue weighted by Gasteiger charge is -2.48. The first kappa shape index (κ1) is 12.3. The molecule has 2 heteroatoms. The first-order chi connectivity index (χ1) is 6.44. The van der Waals surface area contributed by atoms with E-state index in [0.29, 0.717) is 11.5 Å². The van der Waals surface area contributed by atoms with E-state index in [1.807, 2.05) is 0 Å². The number of alkyl halides is 1. The monoisotopic (exact) mass is 218 g/mol. The number of hydrogen-bond acceptors (Lipinski definition) is 1. The van der Waals surface area contributed by atoms with Gasteiger partial charge in [0.1, 0.15) is 0 Å². The van der Waals surface area contributed by atoms with Crippen LogP contribution in [0.15, 0.2) is 0 Å². The minimum absolute atomic E-state index is 0.180. The second kappa shape index (κ2) is 4.85. The Morgan fingerprint density at radius 1 is 1.43 bits per heavy atom.